The van der Waals surface area contributed by atoms with Crippen molar-refractivity contribution < 1.29 is 18.9 Å². The molecule has 2 heterocycles. The van der Waals surface area contributed by atoms with Crippen molar-refractivity contribution in [3.05, 3.63) is 42.6 Å². The summed E-state index contributed by atoms with van der Waals surface area (Å²) in [7, 11) is 3.17. The third-order valence-corrected chi connectivity index (χ3v) is 4.01. The minimum atomic E-state index is 0.342. The topological polar surface area (TPSA) is 99.7 Å². The number of methoxy groups -OCH3 is 2. The van der Waals surface area contributed by atoms with E-state index in [0.29, 0.717) is 42.2 Å². The minimum Gasteiger partial charge on any atom is -0.493 e. The maximum absolute atomic E-state index is 5.60. The van der Waals surface area contributed by atoms with Gasteiger partial charge in [0.05, 0.1) is 20.4 Å². The quantitative estimate of drug-likeness (QED) is 0.667. The predicted molar refractivity (Wildman–Crippen MR) is 103 cm³/mol. The Hall–Kier alpha value is -3.75. The van der Waals surface area contributed by atoms with Gasteiger partial charge >= 0.3 is 0 Å². The first-order valence-corrected chi connectivity index (χ1v) is 8.60. The van der Waals surface area contributed by atoms with E-state index in [2.05, 4.69) is 25.8 Å². The van der Waals surface area contributed by atoms with Gasteiger partial charge in [0.25, 0.3) is 0 Å². The van der Waals surface area contributed by atoms with Crippen LogP contribution >= 0.6 is 0 Å². The van der Waals surface area contributed by atoms with Crippen molar-refractivity contribution in [3.63, 3.8) is 0 Å². The molecule has 144 valence electrons. The van der Waals surface area contributed by atoms with E-state index in [-0.39, 0.29) is 0 Å². The standard InChI is InChI=1S/C19H19N5O4/c1-25-14-5-3-13(9-16(14)26-2)22-19-23-18(11-20-24-19)21-12-4-6-15-17(10-12)28-8-7-27-15/h3-6,9-11H,7-8H2,1-2H3,(H2,21,22,23,24). The van der Waals surface area contributed by atoms with Crippen LogP contribution < -0.4 is 29.6 Å². The summed E-state index contributed by atoms with van der Waals surface area (Å²) < 4.78 is 21.7. The zero-order chi connectivity index (χ0) is 19.3. The first-order valence-electron chi connectivity index (χ1n) is 8.60. The lowest BCUT2D eigenvalue weighted by Crippen LogP contribution is -2.15. The van der Waals surface area contributed by atoms with E-state index in [9.17, 15) is 0 Å². The second-order valence-electron chi connectivity index (χ2n) is 5.84. The molecule has 2 N–H and O–H groups in total. The lowest BCUT2D eigenvalue weighted by molar-refractivity contribution is 0.171. The van der Waals surface area contributed by atoms with Crippen LogP contribution in [0.4, 0.5) is 23.1 Å². The van der Waals surface area contributed by atoms with Crippen LogP contribution in [0.15, 0.2) is 42.6 Å². The Balaban J connectivity index is 1.50. The van der Waals surface area contributed by atoms with Crippen molar-refractivity contribution >= 4 is 23.1 Å². The van der Waals surface area contributed by atoms with Crippen LogP contribution in [0.3, 0.4) is 0 Å². The van der Waals surface area contributed by atoms with Gasteiger partial charge in [0, 0.05) is 23.5 Å². The second-order valence-corrected chi connectivity index (χ2v) is 5.84. The molecule has 0 amide bonds. The Morgan fingerprint density at radius 2 is 1.61 bits per heavy atom. The molecule has 9 heteroatoms. The average Bonchev–Trinajstić information content (AvgIpc) is 2.74. The number of rotatable bonds is 6. The Kier molecular flexibility index (Phi) is 4.96. The van der Waals surface area contributed by atoms with Gasteiger partial charge in [0.1, 0.15) is 13.2 Å². The van der Waals surface area contributed by atoms with Gasteiger partial charge in [-0.05, 0) is 24.3 Å². The van der Waals surface area contributed by atoms with Gasteiger partial charge in [-0.1, -0.05) is 0 Å². The van der Waals surface area contributed by atoms with Crippen LogP contribution in [-0.2, 0) is 0 Å². The van der Waals surface area contributed by atoms with Crippen molar-refractivity contribution in [1.29, 1.82) is 0 Å². The summed E-state index contributed by atoms with van der Waals surface area (Å²) in [5, 5.41) is 14.3. The number of ether oxygens (including phenoxy) is 4. The van der Waals surface area contributed by atoms with E-state index in [4.69, 9.17) is 18.9 Å². The summed E-state index contributed by atoms with van der Waals surface area (Å²) in [6.45, 7) is 1.09. The van der Waals surface area contributed by atoms with Crippen LogP contribution in [0.25, 0.3) is 0 Å². The van der Waals surface area contributed by atoms with Gasteiger partial charge in [-0.2, -0.15) is 10.1 Å². The zero-order valence-electron chi connectivity index (χ0n) is 15.4. The maximum Gasteiger partial charge on any atom is 0.249 e. The summed E-state index contributed by atoms with van der Waals surface area (Å²) in [5.41, 5.74) is 1.55. The number of fused-ring (bicyclic) bond motifs is 1. The highest BCUT2D eigenvalue weighted by Gasteiger charge is 2.12. The molecule has 9 nitrogen and oxygen atoms in total. The molecule has 2 aromatic carbocycles. The van der Waals surface area contributed by atoms with Crippen molar-refractivity contribution in [2.75, 3.05) is 38.1 Å². The molecule has 0 radical (unpaired) electrons. The molecule has 0 aliphatic carbocycles. The number of nitrogens with zero attached hydrogens (tertiary/aromatic N) is 3. The zero-order valence-corrected chi connectivity index (χ0v) is 15.4. The number of hydrogen-bond acceptors (Lipinski definition) is 9. The largest absolute Gasteiger partial charge is 0.493 e. The summed E-state index contributed by atoms with van der Waals surface area (Å²) >= 11 is 0. The Morgan fingerprint density at radius 1 is 0.857 bits per heavy atom. The van der Waals surface area contributed by atoms with E-state index in [1.54, 1.807) is 26.4 Å². The fourth-order valence-electron chi connectivity index (χ4n) is 2.73. The lowest BCUT2D eigenvalue weighted by atomic mass is 10.2. The van der Waals surface area contributed by atoms with E-state index in [0.717, 1.165) is 17.1 Å². The number of benzene rings is 2. The van der Waals surface area contributed by atoms with Gasteiger partial charge in [-0.25, -0.2) is 0 Å². The van der Waals surface area contributed by atoms with Crippen molar-refractivity contribution in [2.45, 2.75) is 0 Å². The van der Waals surface area contributed by atoms with Crippen molar-refractivity contribution in [3.8, 4) is 23.0 Å². The van der Waals surface area contributed by atoms with Crippen molar-refractivity contribution in [1.82, 2.24) is 15.2 Å². The molecule has 1 aliphatic rings. The first-order chi connectivity index (χ1) is 13.7. The molecule has 1 aromatic heterocycles. The van der Waals surface area contributed by atoms with E-state index in [1.807, 2.05) is 24.3 Å². The molecular formula is C19H19N5O4. The van der Waals surface area contributed by atoms with Crippen LogP contribution in [0.2, 0.25) is 0 Å². The van der Waals surface area contributed by atoms with Gasteiger partial charge in [-0.3, -0.25) is 0 Å². The SMILES string of the molecule is COc1ccc(Nc2nncc(Nc3ccc4c(c3)OCCO4)n2)cc1OC. The van der Waals surface area contributed by atoms with Gasteiger partial charge in [-0.15, -0.1) is 5.10 Å². The summed E-state index contributed by atoms with van der Waals surface area (Å²) in [6, 6.07) is 11.0. The molecule has 0 atom stereocenters. The number of anilines is 4. The Bertz CT molecular complexity index is 926. The molecule has 0 fully saturated rings. The summed E-state index contributed by atoms with van der Waals surface area (Å²) in [4.78, 5) is 4.43. The summed E-state index contributed by atoms with van der Waals surface area (Å²) in [5.74, 6) is 3.55. The molecule has 0 unspecified atom stereocenters. The number of aromatic nitrogens is 3. The summed E-state index contributed by atoms with van der Waals surface area (Å²) in [6.07, 6.45) is 1.54. The number of nitrogens with one attached hydrogen (secondary N) is 2. The Labute approximate surface area is 161 Å². The molecule has 4 rings (SSSR count). The van der Waals surface area contributed by atoms with Crippen LogP contribution in [0.5, 0.6) is 23.0 Å². The van der Waals surface area contributed by atoms with Crippen LogP contribution in [0, 0.1) is 0 Å². The third kappa shape index (κ3) is 3.83. The molecule has 28 heavy (non-hydrogen) atoms. The third-order valence-electron chi connectivity index (χ3n) is 4.01. The minimum absolute atomic E-state index is 0.342. The monoisotopic (exact) mass is 381 g/mol. The van der Waals surface area contributed by atoms with Crippen LogP contribution in [-0.4, -0.2) is 42.6 Å². The fourth-order valence-corrected chi connectivity index (χ4v) is 2.73. The number of hydrogen-bond donors (Lipinski definition) is 2. The molecule has 0 spiro atoms. The van der Waals surface area contributed by atoms with Gasteiger partial charge in [0.15, 0.2) is 28.8 Å². The highest BCUT2D eigenvalue weighted by atomic mass is 16.6. The average molecular weight is 381 g/mol. The predicted octanol–water partition coefficient (Wildman–Crippen LogP) is 3.15. The molecule has 1 aliphatic heterocycles. The normalized spacial score (nSPS) is 12.2. The molecule has 0 bridgehead atoms. The first kappa shape index (κ1) is 17.7. The van der Waals surface area contributed by atoms with E-state index >= 15 is 0 Å². The van der Waals surface area contributed by atoms with Crippen molar-refractivity contribution in [2.24, 2.45) is 0 Å². The molecule has 0 saturated heterocycles. The van der Waals surface area contributed by atoms with E-state index in [1.165, 1.54) is 6.20 Å². The smallest absolute Gasteiger partial charge is 0.249 e. The van der Waals surface area contributed by atoms with Gasteiger partial charge in [0.2, 0.25) is 5.95 Å². The maximum atomic E-state index is 5.60. The highest BCUT2D eigenvalue weighted by molar-refractivity contribution is 5.63. The molecular weight excluding hydrogens is 362 g/mol. The second kappa shape index (κ2) is 7.87. The van der Waals surface area contributed by atoms with Gasteiger partial charge < -0.3 is 29.6 Å². The highest BCUT2D eigenvalue weighted by Crippen LogP contribution is 2.33. The lowest BCUT2D eigenvalue weighted by Gasteiger charge is -2.19. The molecule has 3 aromatic rings. The van der Waals surface area contributed by atoms with Crippen LogP contribution in [0.1, 0.15) is 0 Å². The molecule has 0 saturated carbocycles. The Morgan fingerprint density at radius 3 is 2.43 bits per heavy atom. The fraction of sp³-hybridized carbons (Fsp3) is 0.211. The van der Waals surface area contributed by atoms with E-state index < -0.39 is 0 Å².